The van der Waals surface area contributed by atoms with Gasteiger partial charge in [-0.3, -0.25) is 24.8 Å². The Labute approximate surface area is 277 Å². The number of rotatable bonds is 17. The van der Waals surface area contributed by atoms with E-state index in [1.807, 2.05) is 35.0 Å². The van der Waals surface area contributed by atoms with Crippen molar-refractivity contribution in [1.82, 2.24) is 25.6 Å². The summed E-state index contributed by atoms with van der Waals surface area (Å²) < 4.78 is 7.36. The number of carbonyl (C=O) groups is 3. The molecule has 0 radical (unpaired) electrons. The number of aryl methyl sites for hydroxylation is 1. The highest BCUT2D eigenvalue weighted by atomic mass is 32.1. The molecule has 4 N–H and O–H groups in total. The number of likely N-dealkylation sites (N-methyl/N-ethyl adjacent to an activating group) is 1. The van der Waals surface area contributed by atoms with Crippen molar-refractivity contribution < 1.29 is 34.4 Å². The molecule has 4 rings (SSSR count). The maximum absolute atomic E-state index is 12.7. The van der Waals surface area contributed by atoms with Crippen molar-refractivity contribution in [2.24, 2.45) is 0 Å². The lowest BCUT2D eigenvalue weighted by molar-refractivity contribution is -0.497. The van der Waals surface area contributed by atoms with E-state index in [-0.39, 0.29) is 31.1 Å². The van der Waals surface area contributed by atoms with Gasteiger partial charge in [0.15, 0.2) is 0 Å². The number of thiophene rings is 1. The van der Waals surface area contributed by atoms with Crippen LogP contribution in [0.5, 0.6) is 0 Å². The molecule has 0 aliphatic carbocycles. The van der Waals surface area contributed by atoms with Crippen LogP contribution in [0.15, 0.2) is 77.1 Å². The van der Waals surface area contributed by atoms with E-state index < -0.39 is 11.9 Å². The topological polar surface area (TPSA) is 155 Å². The summed E-state index contributed by atoms with van der Waals surface area (Å²) in [7, 11) is 1.63. The van der Waals surface area contributed by atoms with Crippen LogP contribution >= 0.6 is 11.3 Å². The second kappa shape index (κ2) is 17.9. The van der Waals surface area contributed by atoms with Crippen LogP contribution in [0.3, 0.4) is 0 Å². The molecule has 248 valence electrons. The van der Waals surface area contributed by atoms with Crippen LogP contribution in [-0.4, -0.2) is 56.7 Å². The highest BCUT2D eigenvalue weighted by Crippen LogP contribution is 2.19. The van der Waals surface area contributed by atoms with E-state index in [2.05, 4.69) is 31.9 Å². The quantitative estimate of drug-likeness (QED) is 0.0717. The zero-order valence-electron chi connectivity index (χ0n) is 26.3. The molecule has 2 amide bonds. The van der Waals surface area contributed by atoms with Gasteiger partial charge in [-0.2, -0.15) is 11.3 Å². The smallest absolute Gasteiger partial charge is 0.325 e. The molecule has 12 nitrogen and oxygen atoms in total. The molecule has 0 fully saturated rings. The average molecular weight is 662 g/mol. The molecule has 2 aromatic carbocycles. The summed E-state index contributed by atoms with van der Waals surface area (Å²) in [5, 5.41) is 26.2. The van der Waals surface area contributed by atoms with Gasteiger partial charge in [0, 0.05) is 37.6 Å². The molecular formula is C34H39N5O7S. The molecule has 0 aliphatic heterocycles. The van der Waals surface area contributed by atoms with Crippen molar-refractivity contribution >= 4 is 35.2 Å². The first-order chi connectivity index (χ1) is 22.7. The number of ether oxygens (including phenoxy) is 1. The van der Waals surface area contributed by atoms with Crippen LogP contribution in [0, 0.1) is 0 Å². The van der Waals surface area contributed by atoms with Gasteiger partial charge in [0.1, 0.15) is 19.0 Å². The summed E-state index contributed by atoms with van der Waals surface area (Å²) in [5.74, 6) is -0.208. The van der Waals surface area contributed by atoms with E-state index in [9.17, 15) is 14.4 Å². The van der Waals surface area contributed by atoms with Gasteiger partial charge in [0.2, 0.25) is 5.91 Å². The number of esters is 1. The van der Waals surface area contributed by atoms with Gasteiger partial charge in [0.05, 0.1) is 23.9 Å². The predicted octanol–water partition coefficient (Wildman–Crippen LogP) is 4.69. The first kappa shape index (κ1) is 35.2. The summed E-state index contributed by atoms with van der Waals surface area (Å²) in [5.41, 5.74) is 5.30. The number of benzene rings is 2. The normalized spacial score (nSPS) is 11.5. The fourth-order valence-electron chi connectivity index (χ4n) is 4.69. The van der Waals surface area contributed by atoms with E-state index in [1.54, 1.807) is 61.0 Å². The van der Waals surface area contributed by atoms with E-state index in [0.717, 1.165) is 47.5 Å². The summed E-state index contributed by atoms with van der Waals surface area (Å²) in [6.07, 6.45) is 7.02. The zero-order chi connectivity index (χ0) is 33.6. The van der Waals surface area contributed by atoms with Gasteiger partial charge in [0.25, 0.3) is 5.91 Å². The number of amides is 2. The van der Waals surface area contributed by atoms with Crippen molar-refractivity contribution in [3.63, 3.8) is 0 Å². The lowest BCUT2D eigenvalue weighted by Gasteiger charge is -2.13. The number of hydrogen-bond donors (Lipinski definition) is 4. The minimum atomic E-state index is -0.589. The van der Waals surface area contributed by atoms with Gasteiger partial charge in [-0.1, -0.05) is 49.7 Å². The molecule has 0 saturated carbocycles. The van der Waals surface area contributed by atoms with Crippen molar-refractivity contribution in [2.75, 3.05) is 13.6 Å². The molecular weight excluding hydrogens is 622 g/mol. The van der Waals surface area contributed by atoms with E-state index in [0.29, 0.717) is 29.7 Å². The first-order valence-corrected chi connectivity index (χ1v) is 16.1. The maximum atomic E-state index is 12.7. The SMILES string of the molecule is CCCCc1ncc(/C=C(\Cc2ccsc2)C(=O)NC)n1Cc1ccc(C(=O)NCC(=O)OCc2ccc(CON(O)O)cc2)cc1. The van der Waals surface area contributed by atoms with E-state index in [1.165, 1.54) is 0 Å². The summed E-state index contributed by atoms with van der Waals surface area (Å²) in [6.45, 7) is 2.32. The first-order valence-electron chi connectivity index (χ1n) is 15.1. The fourth-order valence-corrected chi connectivity index (χ4v) is 5.36. The Morgan fingerprint density at radius 2 is 1.68 bits per heavy atom. The largest absolute Gasteiger partial charge is 0.460 e. The van der Waals surface area contributed by atoms with Crippen molar-refractivity contribution in [3.8, 4) is 0 Å². The van der Waals surface area contributed by atoms with Gasteiger partial charge in [-0.25, -0.2) is 9.82 Å². The lowest BCUT2D eigenvalue weighted by atomic mass is 10.1. The molecule has 2 heterocycles. The third-order valence-electron chi connectivity index (χ3n) is 7.26. The molecule has 0 atom stereocenters. The number of nitrogens with one attached hydrogen (secondary N) is 2. The summed E-state index contributed by atoms with van der Waals surface area (Å²) >= 11 is 1.59. The number of imidazole rings is 1. The standard InChI is InChI=1S/C34H39N5O7S/c1-3-4-5-31-36-18-30(17-29(33(41)35-2)16-27-14-15-47-23-27)38(31)20-24-10-12-28(13-11-24)34(42)37-19-32(40)45-21-25-6-8-26(9-7-25)22-46-39(43)44/h6-15,17-18,23,43-44H,3-5,16,19-22H2,1-2H3,(H,35,41)(H,37,42)/b29-17+. The van der Waals surface area contributed by atoms with Crippen LogP contribution in [0.2, 0.25) is 0 Å². The second-order valence-corrected chi connectivity index (χ2v) is 11.5. The molecule has 2 aromatic heterocycles. The predicted molar refractivity (Wildman–Crippen MR) is 175 cm³/mol. The van der Waals surface area contributed by atoms with Crippen LogP contribution in [0.25, 0.3) is 6.08 Å². The molecule has 13 heteroatoms. The number of aromatic nitrogens is 2. The molecule has 0 saturated heterocycles. The Bertz CT molecular complexity index is 1630. The Morgan fingerprint density at radius 3 is 2.32 bits per heavy atom. The molecule has 0 spiro atoms. The Balaban J connectivity index is 1.36. The van der Waals surface area contributed by atoms with E-state index in [4.69, 9.17) is 15.2 Å². The lowest BCUT2D eigenvalue weighted by Crippen LogP contribution is -2.30. The van der Waals surface area contributed by atoms with Gasteiger partial charge < -0.3 is 19.9 Å². The molecule has 4 aromatic rings. The summed E-state index contributed by atoms with van der Waals surface area (Å²) in [4.78, 5) is 47.0. The van der Waals surface area contributed by atoms with Crippen molar-refractivity contribution in [3.05, 3.63) is 116 Å². The van der Waals surface area contributed by atoms with Crippen LogP contribution in [0.4, 0.5) is 0 Å². The number of unbranched alkanes of at least 4 members (excludes halogenated alkanes) is 1. The highest BCUT2D eigenvalue weighted by molar-refractivity contribution is 7.07. The minimum Gasteiger partial charge on any atom is -0.460 e. The molecule has 0 bridgehead atoms. The summed E-state index contributed by atoms with van der Waals surface area (Å²) in [6, 6.07) is 16.0. The Morgan fingerprint density at radius 1 is 0.979 bits per heavy atom. The zero-order valence-corrected chi connectivity index (χ0v) is 27.2. The van der Waals surface area contributed by atoms with Gasteiger partial charge >= 0.3 is 5.97 Å². The average Bonchev–Trinajstić information content (AvgIpc) is 3.74. The van der Waals surface area contributed by atoms with Gasteiger partial charge in [-0.15, -0.1) is 0 Å². The highest BCUT2D eigenvalue weighted by Gasteiger charge is 2.15. The Hall–Kier alpha value is -4.66. The third kappa shape index (κ3) is 11.0. The molecule has 0 aliphatic rings. The third-order valence-corrected chi connectivity index (χ3v) is 7.99. The Kier molecular flexibility index (Phi) is 13.4. The monoisotopic (exact) mass is 661 g/mol. The van der Waals surface area contributed by atoms with Crippen LogP contribution < -0.4 is 10.6 Å². The van der Waals surface area contributed by atoms with Crippen LogP contribution in [0.1, 0.15) is 63.9 Å². The number of hydrogen-bond acceptors (Lipinski definition) is 10. The van der Waals surface area contributed by atoms with Crippen molar-refractivity contribution in [2.45, 2.75) is 52.4 Å². The van der Waals surface area contributed by atoms with Gasteiger partial charge in [-0.05, 0) is 63.7 Å². The maximum Gasteiger partial charge on any atom is 0.325 e. The number of nitrogens with zero attached hydrogens (tertiary/aromatic N) is 3. The second-order valence-electron chi connectivity index (χ2n) is 10.7. The van der Waals surface area contributed by atoms with Crippen molar-refractivity contribution in [1.29, 1.82) is 0 Å². The van der Waals surface area contributed by atoms with E-state index >= 15 is 0 Å². The molecule has 0 unspecified atom stereocenters. The molecule has 47 heavy (non-hydrogen) atoms. The van der Waals surface area contributed by atoms with Crippen LogP contribution in [-0.2, 0) is 51.8 Å². The minimum absolute atomic E-state index is 0.0148. The number of carbonyl (C=O) groups excluding carboxylic acids is 3. The fraction of sp³-hybridized carbons (Fsp3) is 0.294.